The Morgan fingerprint density at radius 2 is 2.56 bits per heavy atom. The van der Waals surface area contributed by atoms with Crippen molar-refractivity contribution >= 4 is 5.91 Å². The topological polar surface area (TPSA) is 54.3 Å². The normalized spacial score (nSPS) is 19.2. The van der Waals surface area contributed by atoms with Crippen molar-refractivity contribution in [3.63, 3.8) is 0 Å². The molecule has 4 nitrogen and oxygen atoms in total. The average Bonchev–Trinajstić information content (AvgIpc) is 2.75. The van der Waals surface area contributed by atoms with Crippen LogP contribution in [0.5, 0.6) is 0 Å². The Kier molecular flexibility index (Phi) is 3.62. The van der Waals surface area contributed by atoms with Crippen LogP contribution in [0.25, 0.3) is 0 Å². The number of amides is 1. The maximum atomic E-state index is 11.6. The van der Waals surface area contributed by atoms with Crippen LogP contribution in [-0.4, -0.2) is 19.0 Å². The SMILES string of the molecule is CCCNC(=O)CC1NCCc2ccoc21. The smallest absolute Gasteiger partial charge is 0.222 e. The first kappa shape index (κ1) is 11.2. The molecule has 1 aromatic heterocycles. The molecule has 1 aliphatic heterocycles. The van der Waals surface area contributed by atoms with Crippen molar-refractivity contribution in [1.82, 2.24) is 10.6 Å². The highest BCUT2D eigenvalue weighted by Gasteiger charge is 2.24. The number of fused-ring (bicyclic) bond motifs is 1. The van der Waals surface area contributed by atoms with Crippen molar-refractivity contribution in [1.29, 1.82) is 0 Å². The van der Waals surface area contributed by atoms with Crippen LogP contribution in [-0.2, 0) is 11.2 Å². The summed E-state index contributed by atoms with van der Waals surface area (Å²) in [5.41, 5.74) is 1.23. The van der Waals surface area contributed by atoms with Crippen LogP contribution in [0.4, 0.5) is 0 Å². The molecule has 0 aromatic carbocycles. The van der Waals surface area contributed by atoms with Crippen LogP contribution >= 0.6 is 0 Å². The quantitative estimate of drug-likeness (QED) is 0.809. The standard InChI is InChI=1S/C12H18N2O2/c1-2-5-14-11(15)8-10-12-9(3-6-13-10)4-7-16-12/h4,7,10,13H,2-3,5-6,8H2,1H3,(H,14,15). The van der Waals surface area contributed by atoms with Crippen molar-refractivity contribution in [3.05, 3.63) is 23.7 Å². The molecule has 2 N–H and O–H groups in total. The molecule has 1 aromatic rings. The zero-order chi connectivity index (χ0) is 11.4. The number of nitrogens with one attached hydrogen (secondary N) is 2. The van der Waals surface area contributed by atoms with E-state index in [1.165, 1.54) is 5.56 Å². The summed E-state index contributed by atoms with van der Waals surface area (Å²) in [4.78, 5) is 11.6. The molecule has 0 bridgehead atoms. The average molecular weight is 222 g/mol. The number of hydrogen-bond donors (Lipinski definition) is 2. The summed E-state index contributed by atoms with van der Waals surface area (Å²) in [6.45, 7) is 3.71. The van der Waals surface area contributed by atoms with Gasteiger partial charge in [0.25, 0.3) is 0 Å². The van der Waals surface area contributed by atoms with Gasteiger partial charge in [0.2, 0.25) is 5.91 Å². The molecule has 4 heteroatoms. The van der Waals surface area contributed by atoms with Gasteiger partial charge >= 0.3 is 0 Å². The summed E-state index contributed by atoms with van der Waals surface area (Å²) in [6, 6.07) is 2.03. The molecule has 88 valence electrons. The van der Waals surface area contributed by atoms with Gasteiger partial charge in [0, 0.05) is 13.0 Å². The van der Waals surface area contributed by atoms with Gasteiger partial charge in [-0.05, 0) is 31.0 Å². The van der Waals surface area contributed by atoms with E-state index in [-0.39, 0.29) is 11.9 Å². The van der Waals surface area contributed by atoms with Crippen LogP contribution in [0, 0.1) is 0 Å². The van der Waals surface area contributed by atoms with Gasteiger partial charge in [-0.25, -0.2) is 0 Å². The van der Waals surface area contributed by atoms with Gasteiger partial charge in [-0.1, -0.05) is 6.92 Å². The molecule has 2 heterocycles. The Morgan fingerprint density at radius 3 is 3.38 bits per heavy atom. The Morgan fingerprint density at radius 1 is 1.69 bits per heavy atom. The molecular weight excluding hydrogens is 204 g/mol. The summed E-state index contributed by atoms with van der Waals surface area (Å²) in [7, 11) is 0. The van der Waals surface area contributed by atoms with Gasteiger partial charge in [0.05, 0.1) is 12.3 Å². The third kappa shape index (κ3) is 2.44. The highest BCUT2D eigenvalue weighted by molar-refractivity contribution is 5.76. The zero-order valence-electron chi connectivity index (χ0n) is 9.58. The fourth-order valence-electron chi connectivity index (χ4n) is 2.02. The minimum atomic E-state index is 0.0376. The van der Waals surface area contributed by atoms with Crippen LogP contribution in [0.15, 0.2) is 16.7 Å². The molecule has 0 saturated carbocycles. The Labute approximate surface area is 95.4 Å². The molecule has 1 aliphatic rings. The molecule has 1 unspecified atom stereocenters. The number of hydrogen-bond acceptors (Lipinski definition) is 3. The van der Waals surface area contributed by atoms with E-state index in [1.807, 2.05) is 13.0 Å². The zero-order valence-corrected chi connectivity index (χ0v) is 9.58. The maximum Gasteiger partial charge on any atom is 0.222 e. The van der Waals surface area contributed by atoms with E-state index in [1.54, 1.807) is 6.26 Å². The summed E-state index contributed by atoms with van der Waals surface area (Å²) in [6.07, 6.45) is 4.11. The van der Waals surface area contributed by atoms with Gasteiger partial charge in [-0.3, -0.25) is 4.79 Å². The maximum absolute atomic E-state index is 11.6. The second kappa shape index (κ2) is 5.16. The first-order chi connectivity index (χ1) is 7.81. The van der Waals surface area contributed by atoms with E-state index in [2.05, 4.69) is 10.6 Å². The predicted octanol–water partition coefficient (Wildman–Crippen LogP) is 1.38. The predicted molar refractivity (Wildman–Crippen MR) is 61.1 cm³/mol. The molecule has 0 radical (unpaired) electrons. The summed E-state index contributed by atoms with van der Waals surface area (Å²) in [5.74, 6) is 1.02. The van der Waals surface area contributed by atoms with Gasteiger partial charge in [0.15, 0.2) is 0 Å². The summed E-state index contributed by atoms with van der Waals surface area (Å²) < 4.78 is 5.43. The molecule has 0 aliphatic carbocycles. The molecule has 1 atom stereocenters. The van der Waals surface area contributed by atoms with E-state index < -0.39 is 0 Å². The van der Waals surface area contributed by atoms with Gasteiger partial charge in [-0.2, -0.15) is 0 Å². The van der Waals surface area contributed by atoms with E-state index in [9.17, 15) is 4.79 Å². The second-order valence-electron chi connectivity index (χ2n) is 4.12. The Balaban J connectivity index is 1.94. The van der Waals surface area contributed by atoms with E-state index in [4.69, 9.17) is 4.42 Å². The van der Waals surface area contributed by atoms with Gasteiger partial charge < -0.3 is 15.1 Å². The molecule has 16 heavy (non-hydrogen) atoms. The minimum absolute atomic E-state index is 0.0376. The second-order valence-corrected chi connectivity index (χ2v) is 4.12. The third-order valence-corrected chi connectivity index (χ3v) is 2.84. The van der Waals surface area contributed by atoms with Crippen molar-refractivity contribution in [2.24, 2.45) is 0 Å². The van der Waals surface area contributed by atoms with E-state index in [0.29, 0.717) is 6.42 Å². The van der Waals surface area contributed by atoms with Crippen molar-refractivity contribution in [2.75, 3.05) is 13.1 Å². The molecule has 0 fully saturated rings. The van der Waals surface area contributed by atoms with Crippen molar-refractivity contribution < 1.29 is 9.21 Å². The number of rotatable bonds is 4. The van der Waals surface area contributed by atoms with Crippen LogP contribution in [0.1, 0.15) is 37.1 Å². The fraction of sp³-hybridized carbons (Fsp3) is 0.583. The van der Waals surface area contributed by atoms with Crippen LogP contribution in [0.2, 0.25) is 0 Å². The first-order valence-electron chi connectivity index (χ1n) is 5.87. The van der Waals surface area contributed by atoms with E-state index >= 15 is 0 Å². The molecule has 1 amide bonds. The van der Waals surface area contributed by atoms with Crippen molar-refractivity contribution in [2.45, 2.75) is 32.2 Å². The van der Waals surface area contributed by atoms with E-state index in [0.717, 1.165) is 31.7 Å². The largest absolute Gasteiger partial charge is 0.467 e. The lowest BCUT2D eigenvalue weighted by molar-refractivity contribution is -0.121. The Bertz CT molecular complexity index is 360. The molecule has 0 spiro atoms. The lowest BCUT2D eigenvalue weighted by Gasteiger charge is -2.22. The van der Waals surface area contributed by atoms with Gasteiger partial charge in [0.1, 0.15) is 5.76 Å². The number of carbonyl (C=O) groups excluding carboxylic acids is 1. The van der Waals surface area contributed by atoms with Crippen molar-refractivity contribution in [3.8, 4) is 0 Å². The monoisotopic (exact) mass is 222 g/mol. The summed E-state index contributed by atoms with van der Waals surface area (Å²) >= 11 is 0. The third-order valence-electron chi connectivity index (χ3n) is 2.84. The molecular formula is C12H18N2O2. The summed E-state index contributed by atoms with van der Waals surface area (Å²) in [5, 5.41) is 6.20. The van der Waals surface area contributed by atoms with Gasteiger partial charge in [-0.15, -0.1) is 0 Å². The van der Waals surface area contributed by atoms with Crippen LogP contribution < -0.4 is 10.6 Å². The number of furan rings is 1. The molecule has 2 rings (SSSR count). The fourth-order valence-corrected chi connectivity index (χ4v) is 2.02. The van der Waals surface area contributed by atoms with Crippen LogP contribution in [0.3, 0.4) is 0 Å². The molecule has 0 saturated heterocycles. The lowest BCUT2D eigenvalue weighted by Crippen LogP contribution is -2.34. The number of carbonyl (C=O) groups is 1. The first-order valence-corrected chi connectivity index (χ1v) is 5.87. The minimum Gasteiger partial charge on any atom is -0.467 e. The highest BCUT2D eigenvalue weighted by atomic mass is 16.3. The highest BCUT2D eigenvalue weighted by Crippen LogP contribution is 2.25. The Hall–Kier alpha value is -1.29. The lowest BCUT2D eigenvalue weighted by atomic mass is 10.0.